The number of rotatable bonds is 3. The monoisotopic (exact) mass is 321 g/mol. The van der Waals surface area contributed by atoms with E-state index in [2.05, 4.69) is 15.4 Å². The molecule has 3 aromatic rings. The predicted octanol–water partition coefficient (Wildman–Crippen LogP) is 2.29. The maximum Gasteiger partial charge on any atom is 0.275 e. The van der Waals surface area contributed by atoms with Crippen molar-refractivity contribution >= 4 is 22.5 Å². The average Bonchev–Trinajstić information content (AvgIpc) is 3.21. The minimum Gasteiger partial charge on any atom is -0.379 e. The van der Waals surface area contributed by atoms with Crippen LogP contribution in [-0.4, -0.2) is 44.7 Å². The van der Waals surface area contributed by atoms with Crippen molar-refractivity contribution in [3.8, 4) is 0 Å². The van der Waals surface area contributed by atoms with Gasteiger partial charge in [0.25, 0.3) is 5.91 Å². The molecular weight excluding hydrogens is 302 g/mol. The van der Waals surface area contributed by atoms with Gasteiger partial charge < -0.3 is 10.2 Å². The first-order chi connectivity index (χ1) is 11.7. The Balaban J connectivity index is 1.51. The lowest BCUT2D eigenvalue weighted by molar-refractivity contribution is 0.0787. The van der Waals surface area contributed by atoms with E-state index >= 15 is 0 Å². The number of aryl methyl sites for hydroxylation is 1. The highest BCUT2D eigenvalue weighted by Crippen LogP contribution is 2.22. The van der Waals surface area contributed by atoms with Crippen LogP contribution in [0.4, 0.5) is 5.69 Å². The van der Waals surface area contributed by atoms with Crippen LogP contribution in [0.25, 0.3) is 10.9 Å². The molecule has 1 N–H and O–H groups in total. The number of likely N-dealkylation sites (tertiary alicyclic amines) is 1. The summed E-state index contributed by atoms with van der Waals surface area (Å²) in [6, 6.07) is 12.0. The van der Waals surface area contributed by atoms with Crippen molar-refractivity contribution in [2.75, 3.05) is 18.4 Å². The number of nitrogens with one attached hydrogen (secondary N) is 1. The molecule has 2 aromatic heterocycles. The zero-order chi connectivity index (χ0) is 16.5. The summed E-state index contributed by atoms with van der Waals surface area (Å²) >= 11 is 0. The summed E-state index contributed by atoms with van der Waals surface area (Å²) in [7, 11) is 1.87. The molecule has 1 saturated heterocycles. The van der Waals surface area contributed by atoms with Crippen molar-refractivity contribution in [1.29, 1.82) is 0 Å². The van der Waals surface area contributed by atoms with Crippen molar-refractivity contribution in [3.05, 3.63) is 54.5 Å². The maximum absolute atomic E-state index is 12.9. The quantitative estimate of drug-likeness (QED) is 0.804. The fourth-order valence-electron chi connectivity index (χ4n) is 3.27. The number of aromatic nitrogens is 3. The molecule has 122 valence electrons. The van der Waals surface area contributed by atoms with Gasteiger partial charge in [0, 0.05) is 44.0 Å². The molecule has 0 saturated carbocycles. The van der Waals surface area contributed by atoms with Crippen LogP contribution in [0.1, 0.15) is 16.9 Å². The number of anilines is 1. The molecule has 0 aliphatic carbocycles. The van der Waals surface area contributed by atoms with Crippen LogP contribution >= 0.6 is 0 Å². The summed E-state index contributed by atoms with van der Waals surface area (Å²) in [5.74, 6) is 0.00212. The third-order valence-corrected chi connectivity index (χ3v) is 4.47. The van der Waals surface area contributed by atoms with Crippen LogP contribution in [0.15, 0.2) is 48.8 Å². The molecule has 1 fully saturated rings. The Morgan fingerprint density at radius 2 is 2.12 bits per heavy atom. The third-order valence-electron chi connectivity index (χ3n) is 4.47. The molecule has 1 unspecified atom stereocenters. The van der Waals surface area contributed by atoms with Gasteiger partial charge in [0.1, 0.15) is 0 Å². The first-order valence-electron chi connectivity index (χ1n) is 8.10. The van der Waals surface area contributed by atoms with E-state index in [0.717, 1.165) is 29.6 Å². The average molecular weight is 321 g/mol. The Bertz CT molecular complexity index is 874. The van der Waals surface area contributed by atoms with Gasteiger partial charge in [0.15, 0.2) is 5.69 Å². The summed E-state index contributed by atoms with van der Waals surface area (Å²) in [5.41, 5.74) is 2.50. The van der Waals surface area contributed by atoms with Crippen LogP contribution in [0.5, 0.6) is 0 Å². The number of hydrogen-bond donors (Lipinski definition) is 1. The van der Waals surface area contributed by atoms with Crippen molar-refractivity contribution < 1.29 is 4.79 Å². The molecule has 6 heteroatoms. The van der Waals surface area contributed by atoms with Crippen LogP contribution < -0.4 is 5.32 Å². The smallest absolute Gasteiger partial charge is 0.275 e. The highest BCUT2D eigenvalue weighted by atomic mass is 16.2. The number of nitrogens with zero attached hydrogens (tertiary/aromatic N) is 4. The van der Waals surface area contributed by atoms with E-state index < -0.39 is 0 Å². The normalized spacial score (nSPS) is 17.4. The van der Waals surface area contributed by atoms with Gasteiger partial charge in [0.2, 0.25) is 0 Å². The van der Waals surface area contributed by atoms with Crippen molar-refractivity contribution in [2.24, 2.45) is 7.05 Å². The number of fused-ring (bicyclic) bond motifs is 1. The van der Waals surface area contributed by atoms with Crippen LogP contribution in [0.3, 0.4) is 0 Å². The van der Waals surface area contributed by atoms with E-state index in [0.29, 0.717) is 12.2 Å². The number of benzene rings is 1. The molecule has 1 atom stereocenters. The third kappa shape index (κ3) is 2.60. The first kappa shape index (κ1) is 14.7. The summed E-state index contributed by atoms with van der Waals surface area (Å²) in [4.78, 5) is 18.9. The zero-order valence-corrected chi connectivity index (χ0v) is 13.5. The fraction of sp³-hybridized carbons (Fsp3) is 0.278. The molecule has 24 heavy (non-hydrogen) atoms. The molecule has 1 amide bonds. The van der Waals surface area contributed by atoms with Crippen LogP contribution in [-0.2, 0) is 7.05 Å². The minimum absolute atomic E-state index is 0.00212. The zero-order valence-electron chi connectivity index (χ0n) is 13.5. The molecule has 0 bridgehead atoms. The molecule has 6 nitrogen and oxygen atoms in total. The lowest BCUT2D eigenvalue weighted by Gasteiger charge is -2.16. The highest BCUT2D eigenvalue weighted by Gasteiger charge is 2.29. The molecule has 1 aliphatic rings. The number of carbonyl (C=O) groups is 1. The Hall–Kier alpha value is -2.89. The van der Waals surface area contributed by atoms with Crippen molar-refractivity contribution in [1.82, 2.24) is 19.7 Å². The maximum atomic E-state index is 12.9. The second-order valence-electron chi connectivity index (χ2n) is 6.11. The van der Waals surface area contributed by atoms with E-state index in [4.69, 9.17) is 0 Å². The number of amides is 1. The SMILES string of the molecule is Cn1nc(C(=O)N2CCC(Nc3cccnc3)C2)c2ccccc21. The number of para-hydroxylation sites is 1. The summed E-state index contributed by atoms with van der Waals surface area (Å²) in [5, 5.41) is 8.79. The molecule has 4 rings (SSSR count). The molecular formula is C18H19N5O. The van der Waals surface area contributed by atoms with E-state index in [9.17, 15) is 4.79 Å². The second kappa shape index (κ2) is 5.96. The standard InChI is InChI=1S/C18H19N5O/c1-22-16-7-3-2-6-15(16)17(21-22)18(24)23-10-8-14(12-23)20-13-5-4-9-19-11-13/h2-7,9,11,14,20H,8,10,12H2,1H3. The Labute approximate surface area is 140 Å². The fourth-order valence-corrected chi connectivity index (χ4v) is 3.27. The van der Waals surface area contributed by atoms with E-state index in [1.807, 2.05) is 48.3 Å². The molecule has 3 heterocycles. The van der Waals surface area contributed by atoms with Crippen LogP contribution in [0.2, 0.25) is 0 Å². The Morgan fingerprint density at radius 1 is 1.25 bits per heavy atom. The van der Waals surface area contributed by atoms with E-state index in [1.165, 1.54) is 0 Å². The lowest BCUT2D eigenvalue weighted by atomic mass is 10.2. The van der Waals surface area contributed by atoms with Gasteiger partial charge in [-0.05, 0) is 24.6 Å². The summed E-state index contributed by atoms with van der Waals surface area (Å²) < 4.78 is 1.77. The second-order valence-corrected chi connectivity index (χ2v) is 6.11. The number of pyridine rings is 1. The Kier molecular flexibility index (Phi) is 3.65. The number of hydrogen-bond acceptors (Lipinski definition) is 4. The molecule has 0 spiro atoms. The van der Waals surface area contributed by atoms with Gasteiger partial charge >= 0.3 is 0 Å². The van der Waals surface area contributed by atoms with Gasteiger partial charge in [-0.3, -0.25) is 14.5 Å². The predicted molar refractivity (Wildman–Crippen MR) is 92.9 cm³/mol. The topological polar surface area (TPSA) is 63.1 Å². The van der Waals surface area contributed by atoms with Gasteiger partial charge in [-0.25, -0.2) is 0 Å². The molecule has 1 aliphatic heterocycles. The van der Waals surface area contributed by atoms with Gasteiger partial charge in [-0.2, -0.15) is 5.10 Å². The highest BCUT2D eigenvalue weighted by molar-refractivity contribution is 6.04. The lowest BCUT2D eigenvalue weighted by Crippen LogP contribution is -2.32. The van der Waals surface area contributed by atoms with Crippen molar-refractivity contribution in [2.45, 2.75) is 12.5 Å². The van der Waals surface area contributed by atoms with E-state index in [1.54, 1.807) is 17.1 Å². The minimum atomic E-state index is 0.00212. The molecule has 0 radical (unpaired) electrons. The summed E-state index contributed by atoms with van der Waals surface area (Å²) in [6.45, 7) is 1.42. The number of carbonyl (C=O) groups excluding carboxylic acids is 1. The van der Waals surface area contributed by atoms with Gasteiger partial charge in [-0.15, -0.1) is 0 Å². The first-order valence-corrected chi connectivity index (χ1v) is 8.10. The van der Waals surface area contributed by atoms with Gasteiger partial charge in [0.05, 0.1) is 11.2 Å². The Morgan fingerprint density at radius 3 is 2.96 bits per heavy atom. The molecule has 1 aromatic carbocycles. The van der Waals surface area contributed by atoms with Crippen LogP contribution in [0, 0.1) is 0 Å². The largest absolute Gasteiger partial charge is 0.379 e. The van der Waals surface area contributed by atoms with E-state index in [-0.39, 0.29) is 11.9 Å². The van der Waals surface area contributed by atoms with Crippen molar-refractivity contribution in [3.63, 3.8) is 0 Å². The van der Waals surface area contributed by atoms with Gasteiger partial charge in [-0.1, -0.05) is 18.2 Å². The summed E-state index contributed by atoms with van der Waals surface area (Å²) in [6.07, 6.45) is 4.48.